The molecular formula is C15H20ClNO. The van der Waals surface area contributed by atoms with Crippen molar-refractivity contribution < 1.29 is 4.74 Å². The van der Waals surface area contributed by atoms with Gasteiger partial charge in [0.25, 0.3) is 0 Å². The molecule has 0 amide bonds. The van der Waals surface area contributed by atoms with E-state index < -0.39 is 0 Å². The van der Waals surface area contributed by atoms with E-state index in [9.17, 15) is 0 Å². The van der Waals surface area contributed by atoms with E-state index in [0.717, 1.165) is 17.0 Å². The SMILES string of the molecule is NC1CC(OCc2ccccc2Cl)C12CCCC2. The van der Waals surface area contributed by atoms with Crippen molar-refractivity contribution in [1.82, 2.24) is 0 Å². The average molecular weight is 266 g/mol. The second kappa shape index (κ2) is 4.84. The lowest BCUT2D eigenvalue weighted by Gasteiger charge is -2.52. The normalized spacial score (nSPS) is 29.4. The maximum Gasteiger partial charge on any atom is 0.0735 e. The zero-order valence-electron chi connectivity index (χ0n) is 10.6. The second-order valence-electron chi connectivity index (χ2n) is 5.67. The van der Waals surface area contributed by atoms with Crippen molar-refractivity contribution in [1.29, 1.82) is 0 Å². The molecule has 2 N–H and O–H groups in total. The first kappa shape index (κ1) is 12.5. The first-order valence-corrected chi connectivity index (χ1v) is 7.21. The monoisotopic (exact) mass is 265 g/mol. The van der Waals surface area contributed by atoms with Crippen LogP contribution in [0.5, 0.6) is 0 Å². The fourth-order valence-electron chi connectivity index (χ4n) is 3.54. The highest BCUT2D eigenvalue weighted by atomic mass is 35.5. The van der Waals surface area contributed by atoms with Gasteiger partial charge in [-0.3, -0.25) is 0 Å². The first-order chi connectivity index (χ1) is 8.72. The third-order valence-electron chi connectivity index (χ3n) is 4.78. The molecule has 2 unspecified atom stereocenters. The van der Waals surface area contributed by atoms with Gasteiger partial charge in [0.1, 0.15) is 0 Å². The number of hydrogen-bond donors (Lipinski definition) is 1. The van der Waals surface area contributed by atoms with E-state index in [1.807, 2.05) is 24.3 Å². The van der Waals surface area contributed by atoms with Crippen LogP contribution in [0.25, 0.3) is 0 Å². The lowest BCUT2D eigenvalue weighted by molar-refractivity contribution is -0.130. The van der Waals surface area contributed by atoms with Crippen LogP contribution in [-0.2, 0) is 11.3 Å². The third kappa shape index (κ3) is 1.97. The second-order valence-corrected chi connectivity index (χ2v) is 6.08. The topological polar surface area (TPSA) is 35.2 Å². The molecule has 2 aliphatic carbocycles. The van der Waals surface area contributed by atoms with Crippen molar-refractivity contribution >= 4 is 11.6 Å². The number of hydrogen-bond acceptors (Lipinski definition) is 2. The van der Waals surface area contributed by atoms with Crippen LogP contribution in [0.2, 0.25) is 5.02 Å². The molecule has 0 saturated heterocycles. The molecule has 0 bridgehead atoms. The molecule has 2 atom stereocenters. The quantitative estimate of drug-likeness (QED) is 0.908. The summed E-state index contributed by atoms with van der Waals surface area (Å²) in [5.74, 6) is 0. The maximum atomic E-state index is 6.20. The Morgan fingerprint density at radius 2 is 2.00 bits per heavy atom. The van der Waals surface area contributed by atoms with Gasteiger partial charge in [0.15, 0.2) is 0 Å². The van der Waals surface area contributed by atoms with E-state index in [2.05, 4.69) is 0 Å². The molecule has 3 heteroatoms. The lowest BCUT2D eigenvalue weighted by Crippen LogP contribution is -2.60. The highest BCUT2D eigenvalue weighted by molar-refractivity contribution is 6.31. The Hall–Kier alpha value is -0.570. The van der Waals surface area contributed by atoms with Gasteiger partial charge in [-0.1, -0.05) is 42.6 Å². The number of benzene rings is 1. The van der Waals surface area contributed by atoms with E-state index in [1.165, 1.54) is 25.7 Å². The molecule has 2 saturated carbocycles. The van der Waals surface area contributed by atoms with Gasteiger partial charge in [-0.2, -0.15) is 0 Å². The Kier molecular flexibility index (Phi) is 3.35. The van der Waals surface area contributed by atoms with Gasteiger partial charge in [-0.05, 0) is 30.9 Å². The van der Waals surface area contributed by atoms with Crippen LogP contribution in [0, 0.1) is 5.41 Å². The van der Waals surface area contributed by atoms with Crippen LogP contribution in [0.1, 0.15) is 37.7 Å². The van der Waals surface area contributed by atoms with Crippen molar-refractivity contribution in [2.45, 2.75) is 50.9 Å². The van der Waals surface area contributed by atoms with E-state index >= 15 is 0 Å². The van der Waals surface area contributed by atoms with Crippen LogP contribution in [-0.4, -0.2) is 12.1 Å². The number of nitrogens with two attached hydrogens (primary N) is 1. The fraction of sp³-hybridized carbons (Fsp3) is 0.600. The van der Waals surface area contributed by atoms with Crippen LogP contribution in [0.4, 0.5) is 0 Å². The minimum Gasteiger partial charge on any atom is -0.373 e. The van der Waals surface area contributed by atoms with Gasteiger partial charge in [0.2, 0.25) is 0 Å². The first-order valence-electron chi connectivity index (χ1n) is 6.83. The molecule has 1 aromatic rings. The standard InChI is InChI=1S/C15H20ClNO/c16-12-6-2-1-5-11(12)10-18-14-9-13(17)15(14)7-3-4-8-15/h1-2,5-6,13-14H,3-4,7-10,17H2. The van der Waals surface area contributed by atoms with Gasteiger partial charge in [0, 0.05) is 16.5 Å². The molecule has 3 rings (SSSR count). The van der Waals surface area contributed by atoms with Crippen LogP contribution in [0.3, 0.4) is 0 Å². The Labute approximate surface area is 113 Å². The number of halogens is 1. The number of rotatable bonds is 3. The van der Waals surface area contributed by atoms with Gasteiger partial charge in [-0.25, -0.2) is 0 Å². The Balaban J connectivity index is 1.63. The summed E-state index contributed by atoms with van der Waals surface area (Å²) in [4.78, 5) is 0. The van der Waals surface area contributed by atoms with Crippen molar-refractivity contribution in [3.8, 4) is 0 Å². The summed E-state index contributed by atoms with van der Waals surface area (Å²) in [7, 11) is 0. The lowest BCUT2D eigenvalue weighted by atomic mass is 9.61. The highest BCUT2D eigenvalue weighted by Crippen LogP contribution is 2.54. The van der Waals surface area contributed by atoms with Crippen LogP contribution >= 0.6 is 11.6 Å². The summed E-state index contributed by atoms with van der Waals surface area (Å²) < 4.78 is 6.09. The van der Waals surface area contributed by atoms with Crippen molar-refractivity contribution in [3.63, 3.8) is 0 Å². The van der Waals surface area contributed by atoms with E-state index in [-0.39, 0.29) is 5.41 Å². The summed E-state index contributed by atoms with van der Waals surface area (Å²) in [6, 6.07) is 8.24. The zero-order chi connectivity index (χ0) is 12.6. The summed E-state index contributed by atoms with van der Waals surface area (Å²) in [6.45, 7) is 0.610. The van der Waals surface area contributed by atoms with Crippen molar-refractivity contribution in [2.75, 3.05) is 0 Å². The summed E-state index contributed by atoms with van der Waals surface area (Å²) in [5.41, 5.74) is 7.56. The molecule has 0 aliphatic heterocycles. The molecule has 98 valence electrons. The summed E-state index contributed by atoms with van der Waals surface area (Å²) in [6.07, 6.45) is 6.43. The van der Waals surface area contributed by atoms with E-state index in [4.69, 9.17) is 22.1 Å². The molecule has 2 aliphatic rings. The average Bonchev–Trinajstić information content (AvgIpc) is 2.88. The summed E-state index contributed by atoms with van der Waals surface area (Å²) >= 11 is 6.14. The molecule has 0 aromatic heterocycles. The summed E-state index contributed by atoms with van der Waals surface area (Å²) in [5, 5.41) is 0.793. The van der Waals surface area contributed by atoms with Gasteiger partial charge < -0.3 is 10.5 Å². The minimum absolute atomic E-state index is 0.279. The third-order valence-corrected chi connectivity index (χ3v) is 5.15. The van der Waals surface area contributed by atoms with Gasteiger partial charge in [0.05, 0.1) is 12.7 Å². The molecule has 1 spiro atoms. The van der Waals surface area contributed by atoms with Crippen molar-refractivity contribution in [3.05, 3.63) is 34.9 Å². The Bertz CT molecular complexity index is 428. The minimum atomic E-state index is 0.279. The Morgan fingerprint density at radius 3 is 2.67 bits per heavy atom. The van der Waals surface area contributed by atoms with Crippen LogP contribution < -0.4 is 5.73 Å². The van der Waals surface area contributed by atoms with E-state index in [0.29, 0.717) is 18.8 Å². The fourth-order valence-corrected chi connectivity index (χ4v) is 3.73. The van der Waals surface area contributed by atoms with Crippen molar-refractivity contribution in [2.24, 2.45) is 11.1 Å². The smallest absolute Gasteiger partial charge is 0.0735 e. The predicted octanol–water partition coefficient (Wildman–Crippen LogP) is 3.52. The van der Waals surface area contributed by atoms with E-state index in [1.54, 1.807) is 0 Å². The van der Waals surface area contributed by atoms with Gasteiger partial charge in [-0.15, -0.1) is 0 Å². The maximum absolute atomic E-state index is 6.20. The molecule has 18 heavy (non-hydrogen) atoms. The highest BCUT2D eigenvalue weighted by Gasteiger charge is 2.55. The zero-order valence-corrected chi connectivity index (χ0v) is 11.3. The molecular weight excluding hydrogens is 246 g/mol. The molecule has 0 heterocycles. The van der Waals surface area contributed by atoms with Crippen LogP contribution in [0.15, 0.2) is 24.3 Å². The van der Waals surface area contributed by atoms with Gasteiger partial charge >= 0.3 is 0 Å². The molecule has 1 aromatic carbocycles. The number of ether oxygens (including phenoxy) is 1. The largest absolute Gasteiger partial charge is 0.373 e. The predicted molar refractivity (Wildman–Crippen MR) is 73.5 cm³/mol. The Morgan fingerprint density at radius 1 is 1.28 bits per heavy atom. The molecule has 2 nitrogen and oxygen atoms in total. The molecule has 2 fully saturated rings. The molecule has 0 radical (unpaired) electrons.